The number of rotatable bonds is 5. The molecule has 0 spiro atoms. The van der Waals surface area contributed by atoms with Crippen LogP contribution in [0.15, 0.2) is 18.2 Å². The maximum Gasteiger partial charge on any atom is 0.224 e. The highest BCUT2D eigenvalue weighted by molar-refractivity contribution is 7.19. The SMILES string of the molecule is CCc1sc2nc(NC3CC3)nc(-c3ccc(Cl)cc3Cl)c2c1N.CNC=O. The van der Waals surface area contributed by atoms with Crippen LogP contribution in [0.2, 0.25) is 10.0 Å². The van der Waals surface area contributed by atoms with Crippen molar-refractivity contribution in [2.45, 2.75) is 32.2 Å². The number of carbonyl (C=O) groups is 1. The summed E-state index contributed by atoms with van der Waals surface area (Å²) >= 11 is 14.1. The van der Waals surface area contributed by atoms with Crippen LogP contribution in [-0.4, -0.2) is 29.5 Å². The van der Waals surface area contributed by atoms with Crippen molar-refractivity contribution >= 4 is 62.8 Å². The van der Waals surface area contributed by atoms with E-state index in [1.807, 2.05) is 12.1 Å². The molecule has 148 valence electrons. The number of halogens is 2. The van der Waals surface area contributed by atoms with E-state index in [0.29, 0.717) is 28.4 Å². The van der Waals surface area contributed by atoms with E-state index in [9.17, 15) is 0 Å². The minimum Gasteiger partial charge on any atom is -0.397 e. The van der Waals surface area contributed by atoms with Crippen molar-refractivity contribution < 1.29 is 4.79 Å². The van der Waals surface area contributed by atoms with Gasteiger partial charge in [0.2, 0.25) is 12.4 Å². The summed E-state index contributed by atoms with van der Waals surface area (Å²) in [6, 6.07) is 5.90. The van der Waals surface area contributed by atoms with Gasteiger partial charge in [0.25, 0.3) is 0 Å². The van der Waals surface area contributed by atoms with Gasteiger partial charge < -0.3 is 16.4 Å². The fourth-order valence-electron chi connectivity index (χ4n) is 2.68. The molecule has 1 fully saturated rings. The van der Waals surface area contributed by atoms with Crippen LogP contribution in [0.1, 0.15) is 24.6 Å². The lowest BCUT2D eigenvalue weighted by atomic mass is 10.1. The van der Waals surface area contributed by atoms with E-state index < -0.39 is 0 Å². The second-order valence-corrected chi connectivity index (χ2v) is 8.25. The number of thiophene rings is 1. The first kappa shape index (κ1) is 20.6. The van der Waals surface area contributed by atoms with Gasteiger partial charge in [0, 0.05) is 28.6 Å². The summed E-state index contributed by atoms with van der Waals surface area (Å²) in [6.07, 6.45) is 3.81. The largest absolute Gasteiger partial charge is 0.397 e. The van der Waals surface area contributed by atoms with E-state index in [0.717, 1.165) is 51.3 Å². The van der Waals surface area contributed by atoms with Crippen molar-refractivity contribution in [3.05, 3.63) is 33.1 Å². The monoisotopic (exact) mass is 437 g/mol. The minimum atomic E-state index is 0.471. The van der Waals surface area contributed by atoms with E-state index in [1.165, 1.54) is 0 Å². The first-order valence-corrected chi connectivity index (χ1v) is 10.5. The fraction of sp³-hybridized carbons (Fsp3) is 0.316. The molecule has 2 aromatic heterocycles. The van der Waals surface area contributed by atoms with Crippen LogP contribution < -0.4 is 16.4 Å². The summed E-state index contributed by atoms with van der Waals surface area (Å²) in [6.45, 7) is 2.09. The Morgan fingerprint density at radius 2 is 2.04 bits per heavy atom. The molecule has 0 aliphatic heterocycles. The number of nitrogens with one attached hydrogen (secondary N) is 2. The van der Waals surface area contributed by atoms with Gasteiger partial charge in [-0.2, -0.15) is 0 Å². The Balaban J connectivity index is 0.000000516. The summed E-state index contributed by atoms with van der Waals surface area (Å²) in [5, 5.41) is 7.65. The first-order valence-electron chi connectivity index (χ1n) is 8.90. The molecule has 0 atom stereocenters. The predicted molar refractivity (Wildman–Crippen MR) is 118 cm³/mol. The zero-order valence-corrected chi connectivity index (χ0v) is 17.9. The van der Waals surface area contributed by atoms with Gasteiger partial charge in [-0.3, -0.25) is 4.79 Å². The molecule has 28 heavy (non-hydrogen) atoms. The highest BCUT2D eigenvalue weighted by atomic mass is 35.5. The number of aryl methyl sites for hydroxylation is 1. The second-order valence-electron chi connectivity index (χ2n) is 6.32. The van der Waals surface area contributed by atoms with Crippen LogP contribution in [-0.2, 0) is 11.2 Å². The number of anilines is 2. The number of fused-ring (bicyclic) bond motifs is 1. The first-order chi connectivity index (χ1) is 13.5. The second kappa shape index (κ2) is 8.94. The molecule has 6 nitrogen and oxygen atoms in total. The molecule has 1 saturated carbocycles. The van der Waals surface area contributed by atoms with Gasteiger partial charge in [-0.15, -0.1) is 11.3 Å². The lowest BCUT2D eigenvalue weighted by Gasteiger charge is -2.10. The summed E-state index contributed by atoms with van der Waals surface area (Å²) < 4.78 is 0. The molecule has 4 N–H and O–H groups in total. The molecule has 1 aromatic carbocycles. The highest BCUT2D eigenvalue weighted by Crippen LogP contribution is 2.41. The fourth-order valence-corrected chi connectivity index (χ4v) is 4.21. The van der Waals surface area contributed by atoms with E-state index in [2.05, 4.69) is 22.5 Å². The van der Waals surface area contributed by atoms with Gasteiger partial charge in [0.05, 0.1) is 21.8 Å². The Labute approximate surface area is 177 Å². The van der Waals surface area contributed by atoms with Crippen LogP contribution in [0.3, 0.4) is 0 Å². The van der Waals surface area contributed by atoms with Crippen LogP contribution in [0, 0.1) is 0 Å². The Morgan fingerprint density at radius 3 is 2.61 bits per heavy atom. The lowest BCUT2D eigenvalue weighted by Crippen LogP contribution is -2.06. The van der Waals surface area contributed by atoms with Crippen molar-refractivity contribution in [1.29, 1.82) is 0 Å². The third-order valence-corrected chi connectivity index (χ3v) is 5.99. The molecule has 0 radical (unpaired) electrons. The zero-order chi connectivity index (χ0) is 20.3. The highest BCUT2D eigenvalue weighted by Gasteiger charge is 2.24. The number of benzene rings is 1. The van der Waals surface area contributed by atoms with Gasteiger partial charge in [-0.25, -0.2) is 9.97 Å². The Kier molecular flexibility index (Phi) is 6.59. The predicted octanol–water partition coefficient (Wildman–Crippen LogP) is 4.75. The quantitative estimate of drug-likeness (QED) is 0.500. The molecular weight excluding hydrogens is 417 g/mol. The van der Waals surface area contributed by atoms with Gasteiger partial charge in [-0.05, 0) is 37.5 Å². The van der Waals surface area contributed by atoms with Crippen molar-refractivity contribution in [2.75, 3.05) is 18.1 Å². The van der Waals surface area contributed by atoms with Gasteiger partial charge >= 0.3 is 0 Å². The number of carbonyl (C=O) groups excluding carboxylic acids is 1. The number of hydrogen-bond acceptors (Lipinski definition) is 6. The molecule has 0 bridgehead atoms. The summed E-state index contributed by atoms with van der Waals surface area (Å²) in [4.78, 5) is 20.5. The van der Waals surface area contributed by atoms with Crippen LogP contribution in [0.5, 0.6) is 0 Å². The number of amides is 1. The standard InChI is InChI=1S/C17H16Cl2N4S.C2H5NO/c1-2-12-14(20)13-15(10-6-3-8(18)7-11(10)19)22-17(21-9-4-5-9)23-16(13)24-12;1-3-2-4/h3,6-7,9H,2,4-5,20H2,1H3,(H,21,22,23);2H,1H3,(H,3,4). The summed E-state index contributed by atoms with van der Waals surface area (Å²) in [5.74, 6) is 0.634. The normalized spacial score (nSPS) is 13.0. The Hall–Kier alpha value is -2.09. The van der Waals surface area contributed by atoms with Crippen molar-refractivity contribution in [1.82, 2.24) is 15.3 Å². The molecule has 0 saturated heterocycles. The molecule has 2 heterocycles. The average molecular weight is 438 g/mol. The van der Waals surface area contributed by atoms with Crippen LogP contribution in [0.25, 0.3) is 21.5 Å². The van der Waals surface area contributed by atoms with Crippen LogP contribution >= 0.6 is 34.5 Å². The van der Waals surface area contributed by atoms with E-state index in [-0.39, 0.29) is 0 Å². The number of hydrogen-bond donors (Lipinski definition) is 3. The number of nitrogen functional groups attached to an aromatic ring is 1. The molecule has 4 rings (SSSR count). The molecule has 1 amide bonds. The molecule has 9 heteroatoms. The number of aromatic nitrogens is 2. The number of nitrogens with two attached hydrogens (primary N) is 1. The topological polar surface area (TPSA) is 92.9 Å². The van der Waals surface area contributed by atoms with Crippen molar-refractivity contribution in [3.8, 4) is 11.3 Å². The van der Waals surface area contributed by atoms with Gasteiger partial charge in [0.1, 0.15) is 4.83 Å². The Bertz CT molecular complexity index is 1000. The van der Waals surface area contributed by atoms with Crippen LogP contribution in [0.4, 0.5) is 11.6 Å². The number of nitrogens with zero attached hydrogens (tertiary/aromatic N) is 2. The smallest absolute Gasteiger partial charge is 0.224 e. The molecular formula is C19H21Cl2N5OS. The third kappa shape index (κ3) is 4.48. The van der Waals surface area contributed by atoms with Gasteiger partial charge in [-0.1, -0.05) is 30.1 Å². The maximum absolute atomic E-state index is 9.06. The zero-order valence-electron chi connectivity index (χ0n) is 15.6. The van der Waals surface area contributed by atoms with Gasteiger partial charge in [0.15, 0.2) is 0 Å². The van der Waals surface area contributed by atoms with E-state index >= 15 is 0 Å². The third-order valence-electron chi connectivity index (χ3n) is 4.20. The van der Waals surface area contributed by atoms with Crippen molar-refractivity contribution in [2.24, 2.45) is 0 Å². The van der Waals surface area contributed by atoms with E-state index in [4.69, 9.17) is 38.7 Å². The summed E-state index contributed by atoms with van der Waals surface area (Å²) in [5.41, 5.74) is 8.70. The molecule has 0 unspecified atom stereocenters. The lowest BCUT2D eigenvalue weighted by molar-refractivity contribution is -0.109. The summed E-state index contributed by atoms with van der Waals surface area (Å²) in [7, 11) is 1.56. The molecule has 1 aliphatic rings. The minimum absolute atomic E-state index is 0.471. The maximum atomic E-state index is 9.06. The Morgan fingerprint density at radius 1 is 1.32 bits per heavy atom. The molecule has 1 aliphatic carbocycles. The average Bonchev–Trinajstić information content (AvgIpc) is 3.43. The van der Waals surface area contributed by atoms with E-state index in [1.54, 1.807) is 24.5 Å². The molecule has 3 aromatic rings. The van der Waals surface area contributed by atoms with Crippen molar-refractivity contribution in [3.63, 3.8) is 0 Å².